The minimum Gasteiger partial charge on any atom is -0.341 e. The predicted molar refractivity (Wildman–Crippen MR) is 114 cm³/mol. The maximum absolute atomic E-state index is 12.9. The second-order valence-corrected chi connectivity index (χ2v) is 7.61. The first kappa shape index (κ1) is 20.7. The molecule has 0 bridgehead atoms. The minimum atomic E-state index is 0.0664. The molecule has 3 aromatic rings. The molecule has 0 aliphatic carbocycles. The number of amides is 1. The van der Waals surface area contributed by atoms with Gasteiger partial charge >= 0.3 is 0 Å². The molecule has 0 unspecified atom stereocenters. The van der Waals surface area contributed by atoms with E-state index in [1.807, 2.05) is 40.8 Å². The molecule has 0 fully saturated rings. The SMILES string of the molecule is CCc1ccc(CN(C)C(=O)Cc2c(C)nn(-c3nc(C)cc(C)n3)c2C)cc1. The van der Waals surface area contributed by atoms with Crippen LogP contribution in [0.3, 0.4) is 0 Å². The van der Waals surface area contributed by atoms with E-state index in [1.165, 1.54) is 5.56 Å². The van der Waals surface area contributed by atoms with E-state index < -0.39 is 0 Å². The zero-order valence-corrected chi connectivity index (χ0v) is 18.2. The predicted octanol–water partition coefficient (Wildman–Crippen LogP) is 3.66. The fraction of sp³-hybridized carbons (Fsp3) is 0.391. The van der Waals surface area contributed by atoms with Crippen LogP contribution in [0.1, 0.15) is 46.4 Å². The molecule has 0 aliphatic heterocycles. The molecular formula is C23H29N5O. The summed E-state index contributed by atoms with van der Waals surface area (Å²) in [7, 11) is 1.85. The van der Waals surface area contributed by atoms with Crippen molar-refractivity contribution in [1.82, 2.24) is 24.6 Å². The van der Waals surface area contributed by atoms with Gasteiger partial charge in [-0.25, -0.2) is 14.6 Å². The van der Waals surface area contributed by atoms with E-state index in [4.69, 9.17) is 0 Å². The van der Waals surface area contributed by atoms with Crippen molar-refractivity contribution in [2.45, 2.75) is 54.0 Å². The maximum atomic E-state index is 12.9. The number of likely N-dealkylation sites (N-methyl/N-ethyl adjacent to an activating group) is 1. The van der Waals surface area contributed by atoms with Gasteiger partial charge in [-0.3, -0.25) is 4.79 Å². The summed E-state index contributed by atoms with van der Waals surface area (Å²) < 4.78 is 1.74. The van der Waals surface area contributed by atoms with Gasteiger partial charge in [-0.15, -0.1) is 0 Å². The quantitative estimate of drug-likeness (QED) is 0.643. The number of carbonyl (C=O) groups is 1. The molecule has 3 rings (SSSR count). The van der Waals surface area contributed by atoms with Crippen molar-refractivity contribution in [3.05, 3.63) is 69.8 Å². The van der Waals surface area contributed by atoms with E-state index >= 15 is 0 Å². The highest BCUT2D eigenvalue weighted by Gasteiger charge is 2.19. The lowest BCUT2D eigenvalue weighted by molar-refractivity contribution is -0.129. The first-order valence-corrected chi connectivity index (χ1v) is 9.98. The van der Waals surface area contributed by atoms with Crippen LogP contribution in [0.5, 0.6) is 0 Å². The van der Waals surface area contributed by atoms with Gasteiger partial charge in [0.15, 0.2) is 0 Å². The summed E-state index contributed by atoms with van der Waals surface area (Å²) in [6.45, 7) is 10.5. The van der Waals surface area contributed by atoms with Gasteiger partial charge in [0.25, 0.3) is 5.95 Å². The number of aromatic nitrogens is 4. The lowest BCUT2D eigenvalue weighted by Crippen LogP contribution is -2.28. The highest BCUT2D eigenvalue weighted by Crippen LogP contribution is 2.18. The fourth-order valence-corrected chi connectivity index (χ4v) is 3.46. The highest BCUT2D eigenvalue weighted by atomic mass is 16.2. The molecule has 1 amide bonds. The average Bonchev–Trinajstić information content (AvgIpc) is 2.96. The van der Waals surface area contributed by atoms with E-state index in [9.17, 15) is 4.79 Å². The van der Waals surface area contributed by atoms with Crippen molar-refractivity contribution < 1.29 is 4.79 Å². The number of carbonyl (C=O) groups excluding carboxylic acids is 1. The molecule has 6 nitrogen and oxygen atoms in total. The Kier molecular flexibility index (Phi) is 6.11. The normalized spacial score (nSPS) is 11.0. The molecule has 6 heteroatoms. The summed E-state index contributed by atoms with van der Waals surface area (Å²) in [6.07, 6.45) is 1.33. The van der Waals surface area contributed by atoms with Crippen LogP contribution in [0.4, 0.5) is 0 Å². The van der Waals surface area contributed by atoms with Gasteiger partial charge in [-0.1, -0.05) is 31.2 Å². The van der Waals surface area contributed by atoms with Gasteiger partial charge in [0.1, 0.15) is 0 Å². The second kappa shape index (κ2) is 8.55. The third-order valence-corrected chi connectivity index (χ3v) is 5.21. The number of hydrogen-bond acceptors (Lipinski definition) is 4. The second-order valence-electron chi connectivity index (χ2n) is 7.61. The van der Waals surface area contributed by atoms with Crippen LogP contribution in [0.2, 0.25) is 0 Å². The molecule has 0 saturated heterocycles. The van der Waals surface area contributed by atoms with Crippen LogP contribution in [0.25, 0.3) is 5.95 Å². The Morgan fingerprint density at radius 2 is 1.59 bits per heavy atom. The Hall–Kier alpha value is -3.02. The molecule has 2 aromatic heterocycles. The number of benzene rings is 1. The van der Waals surface area contributed by atoms with Crippen molar-refractivity contribution in [2.24, 2.45) is 0 Å². The standard InChI is InChI=1S/C23H29N5O/c1-7-19-8-10-20(11-9-19)14-27(6)22(29)13-21-17(4)26-28(18(21)5)23-24-15(2)12-16(3)25-23/h8-12H,7,13-14H2,1-6H3. The molecule has 0 N–H and O–H groups in total. The van der Waals surface area contributed by atoms with Crippen molar-refractivity contribution >= 4 is 5.91 Å². The van der Waals surface area contributed by atoms with Crippen molar-refractivity contribution in [2.75, 3.05) is 7.05 Å². The van der Waals surface area contributed by atoms with Crippen LogP contribution in [0.15, 0.2) is 30.3 Å². The minimum absolute atomic E-state index is 0.0664. The van der Waals surface area contributed by atoms with Crippen molar-refractivity contribution in [3.63, 3.8) is 0 Å². The van der Waals surface area contributed by atoms with Crippen LogP contribution in [-0.4, -0.2) is 37.6 Å². The van der Waals surface area contributed by atoms with Gasteiger partial charge < -0.3 is 4.90 Å². The lowest BCUT2D eigenvalue weighted by atomic mass is 10.1. The Morgan fingerprint density at radius 3 is 2.17 bits per heavy atom. The van der Waals surface area contributed by atoms with Gasteiger partial charge in [0.2, 0.25) is 5.91 Å². The smallest absolute Gasteiger partial charge is 0.251 e. The molecule has 0 aliphatic rings. The summed E-state index contributed by atoms with van der Waals surface area (Å²) in [4.78, 5) is 23.6. The Bertz CT molecular complexity index is 1000. The Morgan fingerprint density at radius 1 is 1.00 bits per heavy atom. The first-order chi connectivity index (χ1) is 13.8. The lowest BCUT2D eigenvalue weighted by Gasteiger charge is -2.18. The molecular weight excluding hydrogens is 362 g/mol. The molecule has 29 heavy (non-hydrogen) atoms. The number of hydrogen-bond donors (Lipinski definition) is 0. The molecule has 152 valence electrons. The van der Waals surface area contributed by atoms with Gasteiger partial charge in [-0.2, -0.15) is 5.10 Å². The van der Waals surface area contributed by atoms with Crippen LogP contribution in [0, 0.1) is 27.7 Å². The summed E-state index contributed by atoms with van der Waals surface area (Å²) in [6, 6.07) is 10.4. The van der Waals surface area contributed by atoms with E-state index in [2.05, 4.69) is 46.3 Å². The molecule has 0 spiro atoms. The average molecular weight is 392 g/mol. The van der Waals surface area contributed by atoms with E-state index in [0.717, 1.165) is 40.3 Å². The number of rotatable bonds is 6. The number of nitrogens with zero attached hydrogens (tertiary/aromatic N) is 5. The molecule has 0 atom stereocenters. The molecule has 2 heterocycles. The van der Waals surface area contributed by atoms with E-state index in [-0.39, 0.29) is 5.91 Å². The molecule has 0 saturated carbocycles. The van der Waals surface area contributed by atoms with Gasteiger partial charge in [0.05, 0.1) is 12.1 Å². The Labute approximate surface area is 172 Å². The Balaban J connectivity index is 1.77. The zero-order chi connectivity index (χ0) is 21.1. The van der Waals surface area contributed by atoms with Gasteiger partial charge in [0, 0.05) is 36.2 Å². The largest absolute Gasteiger partial charge is 0.341 e. The maximum Gasteiger partial charge on any atom is 0.251 e. The highest BCUT2D eigenvalue weighted by molar-refractivity contribution is 5.79. The van der Waals surface area contributed by atoms with E-state index in [1.54, 1.807) is 9.58 Å². The third kappa shape index (κ3) is 4.70. The summed E-state index contributed by atoms with van der Waals surface area (Å²) >= 11 is 0. The monoisotopic (exact) mass is 391 g/mol. The van der Waals surface area contributed by atoms with E-state index in [0.29, 0.717) is 18.9 Å². The van der Waals surface area contributed by atoms with Crippen molar-refractivity contribution in [1.29, 1.82) is 0 Å². The molecule has 0 radical (unpaired) electrons. The number of aryl methyl sites for hydroxylation is 4. The van der Waals surface area contributed by atoms with Crippen molar-refractivity contribution in [3.8, 4) is 5.95 Å². The first-order valence-electron chi connectivity index (χ1n) is 9.98. The van der Waals surface area contributed by atoms with Crippen LogP contribution in [-0.2, 0) is 24.2 Å². The summed E-state index contributed by atoms with van der Waals surface area (Å²) in [5.74, 6) is 0.614. The summed E-state index contributed by atoms with van der Waals surface area (Å²) in [5.41, 5.74) is 6.89. The van der Waals surface area contributed by atoms with Gasteiger partial charge in [-0.05, 0) is 51.3 Å². The summed E-state index contributed by atoms with van der Waals surface area (Å²) in [5, 5.41) is 4.60. The zero-order valence-electron chi connectivity index (χ0n) is 18.2. The van der Waals surface area contributed by atoms with Crippen LogP contribution < -0.4 is 0 Å². The third-order valence-electron chi connectivity index (χ3n) is 5.21. The fourth-order valence-electron chi connectivity index (χ4n) is 3.46. The van der Waals surface area contributed by atoms with Crippen LogP contribution >= 0.6 is 0 Å². The molecule has 1 aromatic carbocycles. The topological polar surface area (TPSA) is 63.9 Å².